The highest BCUT2D eigenvalue weighted by molar-refractivity contribution is 6.09. The van der Waals surface area contributed by atoms with Crippen LogP contribution in [0.3, 0.4) is 0 Å². The van der Waals surface area contributed by atoms with Gasteiger partial charge in [0.1, 0.15) is 18.1 Å². The molecule has 0 radical (unpaired) electrons. The molecule has 0 aromatic heterocycles. The zero-order valence-electron chi connectivity index (χ0n) is 20.2. The van der Waals surface area contributed by atoms with E-state index in [9.17, 15) is 4.79 Å². The van der Waals surface area contributed by atoms with E-state index in [2.05, 4.69) is 32.2 Å². The summed E-state index contributed by atoms with van der Waals surface area (Å²) in [4.78, 5) is 13.1. The summed E-state index contributed by atoms with van der Waals surface area (Å²) in [5, 5.41) is 5.15. The van der Waals surface area contributed by atoms with E-state index in [1.807, 2.05) is 79.7 Å². The molecule has 0 atom stereocenters. The summed E-state index contributed by atoms with van der Waals surface area (Å²) in [6.07, 6.45) is 0. The molecule has 4 aromatic rings. The van der Waals surface area contributed by atoms with Crippen LogP contribution in [0, 0.1) is 0 Å². The molecule has 174 valence electrons. The second-order valence-corrected chi connectivity index (χ2v) is 9.27. The minimum atomic E-state index is -0.171. The molecule has 0 aliphatic carbocycles. The Morgan fingerprint density at radius 3 is 2.35 bits per heavy atom. The van der Waals surface area contributed by atoms with Crippen molar-refractivity contribution in [2.75, 3.05) is 11.9 Å². The Kier molecular flexibility index (Phi) is 6.87. The second kappa shape index (κ2) is 10.0. The Bertz CT molecular complexity index is 1300. The molecule has 0 bridgehead atoms. The number of rotatable bonds is 7. The van der Waals surface area contributed by atoms with Crippen LogP contribution in [0.5, 0.6) is 11.5 Å². The van der Waals surface area contributed by atoms with E-state index in [0.29, 0.717) is 18.8 Å². The number of amides is 1. The van der Waals surface area contributed by atoms with Crippen LogP contribution in [0.15, 0.2) is 84.9 Å². The molecule has 1 N–H and O–H groups in total. The maximum absolute atomic E-state index is 13.1. The first-order chi connectivity index (χ1) is 16.4. The summed E-state index contributed by atoms with van der Waals surface area (Å²) in [5.74, 6) is 1.39. The van der Waals surface area contributed by atoms with Gasteiger partial charge in [-0.2, -0.15) is 0 Å². The fourth-order valence-electron chi connectivity index (χ4n) is 4.03. The van der Waals surface area contributed by atoms with Crippen molar-refractivity contribution in [3.8, 4) is 11.5 Å². The SMILES string of the molecule is CCOc1ccc(C(=O)Nc2cccc3ccccc23)cc1COc1ccccc1C(C)(C)C. The lowest BCUT2D eigenvalue weighted by Gasteiger charge is -2.23. The number of hydrogen-bond acceptors (Lipinski definition) is 3. The van der Waals surface area contributed by atoms with Gasteiger partial charge in [-0.1, -0.05) is 75.4 Å². The fraction of sp³-hybridized carbons (Fsp3) is 0.233. The van der Waals surface area contributed by atoms with Crippen molar-refractivity contribution in [2.24, 2.45) is 0 Å². The van der Waals surface area contributed by atoms with Gasteiger partial charge in [0, 0.05) is 22.2 Å². The van der Waals surface area contributed by atoms with Gasteiger partial charge in [-0.25, -0.2) is 0 Å². The van der Waals surface area contributed by atoms with E-state index >= 15 is 0 Å². The second-order valence-electron chi connectivity index (χ2n) is 9.27. The van der Waals surface area contributed by atoms with Crippen LogP contribution in [-0.2, 0) is 12.0 Å². The van der Waals surface area contributed by atoms with Crippen molar-refractivity contribution in [3.63, 3.8) is 0 Å². The van der Waals surface area contributed by atoms with E-state index in [4.69, 9.17) is 9.47 Å². The Morgan fingerprint density at radius 2 is 1.56 bits per heavy atom. The summed E-state index contributed by atoms with van der Waals surface area (Å²) in [7, 11) is 0. The largest absolute Gasteiger partial charge is 0.493 e. The molecule has 0 heterocycles. The molecule has 0 aliphatic rings. The monoisotopic (exact) mass is 453 g/mol. The minimum Gasteiger partial charge on any atom is -0.493 e. The van der Waals surface area contributed by atoms with Crippen molar-refractivity contribution < 1.29 is 14.3 Å². The molecule has 0 fully saturated rings. The van der Waals surface area contributed by atoms with E-state index in [0.717, 1.165) is 39.1 Å². The Hall–Kier alpha value is -3.79. The van der Waals surface area contributed by atoms with E-state index in [1.165, 1.54) is 0 Å². The van der Waals surface area contributed by atoms with Gasteiger partial charge in [-0.05, 0) is 53.6 Å². The van der Waals surface area contributed by atoms with E-state index < -0.39 is 0 Å². The van der Waals surface area contributed by atoms with Gasteiger partial charge in [0.2, 0.25) is 0 Å². The Morgan fingerprint density at radius 1 is 0.824 bits per heavy atom. The number of hydrogen-bond donors (Lipinski definition) is 1. The molecule has 4 aromatic carbocycles. The molecule has 0 unspecified atom stereocenters. The van der Waals surface area contributed by atoms with Gasteiger partial charge in [0.25, 0.3) is 5.91 Å². The van der Waals surface area contributed by atoms with Crippen LogP contribution >= 0.6 is 0 Å². The Balaban J connectivity index is 1.59. The highest BCUT2D eigenvalue weighted by atomic mass is 16.5. The quantitative estimate of drug-likeness (QED) is 0.318. The van der Waals surface area contributed by atoms with Crippen LogP contribution in [0.25, 0.3) is 10.8 Å². The first kappa shape index (κ1) is 23.4. The van der Waals surface area contributed by atoms with E-state index in [-0.39, 0.29) is 11.3 Å². The van der Waals surface area contributed by atoms with Crippen LogP contribution in [0.1, 0.15) is 49.2 Å². The zero-order chi connectivity index (χ0) is 24.1. The van der Waals surface area contributed by atoms with Crippen LogP contribution < -0.4 is 14.8 Å². The third kappa shape index (κ3) is 5.23. The van der Waals surface area contributed by atoms with Gasteiger partial charge >= 0.3 is 0 Å². The molecule has 0 spiro atoms. The van der Waals surface area contributed by atoms with E-state index in [1.54, 1.807) is 6.07 Å². The number of para-hydroxylation sites is 1. The lowest BCUT2D eigenvalue weighted by molar-refractivity contribution is 0.102. The maximum atomic E-state index is 13.1. The minimum absolute atomic E-state index is 0.0421. The molecular weight excluding hydrogens is 422 g/mol. The number of anilines is 1. The van der Waals surface area contributed by atoms with Crippen molar-refractivity contribution in [1.82, 2.24) is 0 Å². The number of benzene rings is 4. The smallest absolute Gasteiger partial charge is 0.255 e. The zero-order valence-corrected chi connectivity index (χ0v) is 20.2. The van der Waals surface area contributed by atoms with Crippen LogP contribution in [0.2, 0.25) is 0 Å². The normalized spacial score (nSPS) is 11.3. The molecule has 0 aliphatic heterocycles. The van der Waals surface area contributed by atoms with Crippen molar-refractivity contribution >= 4 is 22.4 Å². The number of carbonyl (C=O) groups excluding carboxylic acids is 1. The topological polar surface area (TPSA) is 47.6 Å². The molecule has 0 saturated heterocycles. The highest BCUT2D eigenvalue weighted by Crippen LogP contribution is 2.32. The first-order valence-electron chi connectivity index (χ1n) is 11.6. The van der Waals surface area contributed by atoms with Gasteiger partial charge in [-0.15, -0.1) is 0 Å². The lowest BCUT2D eigenvalue weighted by Crippen LogP contribution is -2.14. The maximum Gasteiger partial charge on any atom is 0.255 e. The van der Waals surface area contributed by atoms with Crippen LogP contribution in [0.4, 0.5) is 5.69 Å². The standard InChI is InChI=1S/C30H31NO3/c1-5-33-27-18-17-22(29(32)31-26-15-10-12-21-11-6-7-13-24(21)26)19-23(27)20-34-28-16-9-8-14-25(28)30(2,3)4/h6-19H,5,20H2,1-4H3,(H,31,32). The Labute approximate surface area is 201 Å². The number of nitrogens with one attached hydrogen (secondary N) is 1. The van der Waals surface area contributed by atoms with Crippen molar-refractivity contribution in [1.29, 1.82) is 0 Å². The third-order valence-corrected chi connectivity index (χ3v) is 5.74. The van der Waals surface area contributed by atoms with Gasteiger partial charge in [0.15, 0.2) is 0 Å². The lowest BCUT2D eigenvalue weighted by atomic mass is 9.86. The number of fused-ring (bicyclic) bond motifs is 1. The van der Waals surface area contributed by atoms with Gasteiger partial charge in [0.05, 0.1) is 6.61 Å². The average molecular weight is 454 g/mol. The molecular formula is C30H31NO3. The summed E-state index contributed by atoms with van der Waals surface area (Å²) < 4.78 is 12.1. The van der Waals surface area contributed by atoms with Crippen molar-refractivity contribution in [3.05, 3.63) is 102 Å². The third-order valence-electron chi connectivity index (χ3n) is 5.74. The average Bonchev–Trinajstić information content (AvgIpc) is 2.83. The molecule has 0 saturated carbocycles. The summed E-state index contributed by atoms with van der Waals surface area (Å²) in [6.45, 7) is 9.28. The molecule has 34 heavy (non-hydrogen) atoms. The number of carbonyl (C=O) groups is 1. The molecule has 4 heteroatoms. The molecule has 4 nitrogen and oxygen atoms in total. The van der Waals surface area contributed by atoms with Crippen LogP contribution in [-0.4, -0.2) is 12.5 Å². The highest BCUT2D eigenvalue weighted by Gasteiger charge is 2.19. The van der Waals surface area contributed by atoms with Gasteiger partial charge in [-0.3, -0.25) is 4.79 Å². The molecule has 4 rings (SSSR count). The summed E-state index contributed by atoms with van der Waals surface area (Å²) in [5.41, 5.74) is 3.27. The molecule has 1 amide bonds. The predicted octanol–water partition coefficient (Wildman–Crippen LogP) is 7.37. The van der Waals surface area contributed by atoms with Gasteiger partial charge < -0.3 is 14.8 Å². The predicted molar refractivity (Wildman–Crippen MR) is 139 cm³/mol. The first-order valence-corrected chi connectivity index (χ1v) is 11.6. The fourth-order valence-corrected chi connectivity index (χ4v) is 4.03. The van der Waals surface area contributed by atoms with Crippen molar-refractivity contribution in [2.45, 2.75) is 39.7 Å². The summed E-state index contributed by atoms with van der Waals surface area (Å²) in [6, 6.07) is 27.5. The number of ether oxygens (including phenoxy) is 2. The summed E-state index contributed by atoms with van der Waals surface area (Å²) >= 11 is 0.